The number of halogens is 1. The van der Waals surface area contributed by atoms with Crippen molar-refractivity contribution in [2.24, 2.45) is 0 Å². The monoisotopic (exact) mass is 411 g/mol. The normalized spacial score (nSPS) is 10.8. The molecule has 0 fully saturated rings. The maximum atomic E-state index is 6.22. The van der Waals surface area contributed by atoms with E-state index in [0.717, 1.165) is 16.8 Å². The molecule has 9 nitrogen and oxygen atoms in total. The molecule has 10 heteroatoms. The molecule has 148 valence electrons. The van der Waals surface area contributed by atoms with Gasteiger partial charge in [-0.05, 0) is 31.5 Å². The van der Waals surface area contributed by atoms with Gasteiger partial charge in [-0.15, -0.1) is 0 Å². The molecule has 0 saturated heterocycles. The second-order valence-corrected chi connectivity index (χ2v) is 6.69. The fraction of sp³-hybridized carbons (Fsp3) is 0.158. The van der Waals surface area contributed by atoms with Gasteiger partial charge in [-0.2, -0.15) is 10.1 Å². The number of oxazole rings is 1. The van der Waals surface area contributed by atoms with Crippen molar-refractivity contribution in [1.82, 2.24) is 25.1 Å². The summed E-state index contributed by atoms with van der Waals surface area (Å²) in [6, 6.07) is 5.62. The van der Waals surface area contributed by atoms with E-state index in [9.17, 15) is 0 Å². The molecule has 4 aromatic rings. The van der Waals surface area contributed by atoms with Crippen LogP contribution in [0.2, 0.25) is 5.02 Å². The van der Waals surface area contributed by atoms with Gasteiger partial charge in [0.25, 0.3) is 0 Å². The van der Waals surface area contributed by atoms with Crippen molar-refractivity contribution < 1.29 is 9.15 Å². The van der Waals surface area contributed by atoms with Crippen molar-refractivity contribution >= 4 is 34.9 Å². The predicted octanol–water partition coefficient (Wildman–Crippen LogP) is 4.62. The van der Waals surface area contributed by atoms with Crippen LogP contribution in [0.1, 0.15) is 11.3 Å². The maximum absolute atomic E-state index is 6.22. The highest BCUT2D eigenvalue weighted by Crippen LogP contribution is 2.35. The number of hydrogen-bond acceptors (Lipinski definition) is 8. The summed E-state index contributed by atoms with van der Waals surface area (Å²) in [7, 11) is 1.59. The smallest absolute Gasteiger partial charge is 0.229 e. The van der Waals surface area contributed by atoms with Gasteiger partial charge in [0.2, 0.25) is 11.8 Å². The lowest BCUT2D eigenvalue weighted by molar-refractivity contribution is 0.416. The summed E-state index contributed by atoms with van der Waals surface area (Å²) >= 11 is 6.22. The van der Waals surface area contributed by atoms with E-state index in [1.54, 1.807) is 13.3 Å². The molecule has 0 unspecified atom stereocenters. The van der Waals surface area contributed by atoms with Gasteiger partial charge in [0.1, 0.15) is 17.0 Å². The highest BCUT2D eigenvalue weighted by atomic mass is 35.5. The number of methoxy groups -OCH3 is 1. The van der Waals surface area contributed by atoms with Crippen molar-refractivity contribution in [3.8, 4) is 17.2 Å². The Balaban J connectivity index is 1.63. The molecule has 0 radical (unpaired) electrons. The van der Waals surface area contributed by atoms with E-state index in [4.69, 9.17) is 20.8 Å². The lowest BCUT2D eigenvalue weighted by Gasteiger charge is -2.14. The Kier molecular flexibility index (Phi) is 5.05. The topological polar surface area (TPSA) is 114 Å². The highest BCUT2D eigenvalue weighted by Gasteiger charge is 2.14. The average Bonchev–Trinajstić information content (AvgIpc) is 3.37. The van der Waals surface area contributed by atoms with Gasteiger partial charge in [0, 0.05) is 17.3 Å². The summed E-state index contributed by atoms with van der Waals surface area (Å²) < 4.78 is 10.9. The number of aromatic nitrogens is 5. The third-order valence-corrected chi connectivity index (χ3v) is 4.43. The van der Waals surface area contributed by atoms with Crippen LogP contribution in [0.5, 0.6) is 5.75 Å². The fourth-order valence-corrected chi connectivity index (χ4v) is 2.92. The number of hydrogen-bond donors (Lipinski definition) is 3. The van der Waals surface area contributed by atoms with E-state index in [1.807, 2.05) is 32.0 Å². The molecule has 0 saturated carbocycles. The first-order valence-electron chi connectivity index (χ1n) is 8.70. The van der Waals surface area contributed by atoms with Crippen molar-refractivity contribution in [2.75, 3.05) is 17.7 Å². The lowest BCUT2D eigenvalue weighted by Crippen LogP contribution is -2.03. The first-order chi connectivity index (χ1) is 14.0. The fourth-order valence-electron chi connectivity index (χ4n) is 2.78. The first kappa shape index (κ1) is 18.8. The third-order valence-electron chi connectivity index (χ3n) is 4.15. The maximum Gasteiger partial charge on any atom is 0.229 e. The SMILES string of the molecule is COc1cc(-c2ncco2)c(C)cc1Nc1ncc(Cl)c(Nc2cc(C)[nH]n2)n1. The first-order valence-corrected chi connectivity index (χ1v) is 9.08. The number of rotatable bonds is 6. The van der Waals surface area contributed by atoms with Crippen molar-refractivity contribution in [3.05, 3.63) is 53.1 Å². The van der Waals surface area contributed by atoms with Crippen molar-refractivity contribution in [1.29, 1.82) is 0 Å². The minimum atomic E-state index is 0.353. The van der Waals surface area contributed by atoms with Gasteiger partial charge in [0.05, 0.1) is 25.2 Å². The third kappa shape index (κ3) is 3.99. The molecule has 0 aliphatic carbocycles. The Hall–Kier alpha value is -3.59. The van der Waals surface area contributed by atoms with Crippen LogP contribution in [-0.4, -0.2) is 32.3 Å². The van der Waals surface area contributed by atoms with Crippen LogP contribution in [0.15, 0.2) is 41.3 Å². The van der Waals surface area contributed by atoms with Gasteiger partial charge < -0.3 is 19.8 Å². The quantitative estimate of drug-likeness (QED) is 0.421. The highest BCUT2D eigenvalue weighted by molar-refractivity contribution is 6.32. The van der Waals surface area contributed by atoms with E-state index >= 15 is 0 Å². The Labute approximate surface area is 171 Å². The number of anilines is 4. The van der Waals surface area contributed by atoms with Crippen LogP contribution in [0.4, 0.5) is 23.3 Å². The summed E-state index contributed by atoms with van der Waals surface area (Å²) in [6.45, 7) is 3.86. The second-order valence-electron chi connectivity index (χ2n) is 6.28. The Morgan fingerprint density at radius 1 is 1.14 bits per heavy atom. The summed E-state index contributed by atoms with van der Waals surface area (Å²) in [4.78, 5) is 12.9. The predicted molar refractivity (Wildman–Crippen MR) is 110 cm³/mol. The van der Waals surface area contributed by atoms with E-state index in [0.29, 0.717) is 39.9 Å². The molecule has 29 heavy (non-hydrogen) atoms. The number of ether oxygens (including phenoxy) is 1. The summed E-state index contributed by atoms with van der Waals surface area (Å²) in [6.07, 6.45) is 4.65. The molecule has 0 atom stereocenters. The van der Waals surface area contributed by atoms with E-state index in [2.05, 4.69) is 35.8 Å². The Bertz CT molecular complexity index is 1140. The molecule has 1 aromatic carbocycles. The number of nitrogens with one attached hydrogen (secondary N) is 3. The number of benzene rings is 1. The Morgan fingerprint density at radius 3 is 2.69 bits per heavy atom. The van der Waals surface area contributed by atoms with E-state index in [1.165, 1.54) is 12.5 Å². The number of nitrogens with zero attached hydrogens (tertiary/aromatic N) is 4. The standard InChI is InChI=1S/C19H18ClN7O2/c1-10-6-14(15(28-3)8-12(10)18-21-4-5-29-18)23-19-22-9-13(20)17(25-19)24-16-7-11(2)26-27-16/h4-9H,1-3H3,(H3,22,23,24,25,26,27). The van der Waals surface area contributed by atoms with Crippen molar-refractivity contribution in [2.45, 2.75) is 13.8 Å². The summed E-state index contributed by atoms with van der Waals surface area (Å²) in [5.74, 6) is 2.52. The minimum absolute atomic E-state index is 0.353. The van der Waals surface area contributed by atoms with Gasteiger partial charge >= 0.3 is 0 Å². The molecule has 0 aliphatic rings. The van der Waals surface area contributed by atoms with Crippen LogP contribution in [-0.2, 0) is 0 Å². The second kappa shape index (κ2) is 7.80. The minimum Gasteiger partial charge on any atom is -0.495 e. The lowest BCUT2D eigenvalue weighted by atomic mass is 10.1. The number of H-pyrrole nitrogens is 1. The molecular formula is C19H18ClN7O2. The van der Waals surface area contributed by atoms with Crippen LogP contribution in [0, 0.1) is 13.8 Å². The van der Waals surface area contributed by atoms with Crippen LogP contribution in [0.25, 0.3) is 11.5 Å². The number of aryl methyl sites for hydroxylation is 2. The molecule has 3 heterocycles. The molecule has 3 aromatic heterocycles. The van der Waals surface area contributed by atoms with Crippen LogP contribution in [0.3, 0.4) is 0 Å². The summed E-state index contributed by atoms with van der Waals surface area (Å²) in [5.41, 5.74) is 3.41. The summed E-state index contributed by atoms with van der Waals surface area (Å²) in [5, 5.41) is 13.6. The Morgan fingerprint density at radius 2 is 2.00 bits per heavy atom. The van der Waals surface area contributed by atoms with Crippen molar-refractivity contribution in [3.63, 3.8) is 0 Å². The zero-order valence-corrected chi connectivity index (χ0v) is 16.7. The molecule has 0 spiro atoms. The van der Waals surface area contributed by atoms with Gasteiger partial charge in [-0.3, -0.25) is 5.10 Å². The van der Waals surface area contributed by atoms with E-state index in [-0.39, 0.29) is 0 Å². The van der Waals surface area contributed by atoms with Crippen LogP contribution >= 0.6 is 11.6 Å². The molecule has 0 amide bonds. The zero-order chi connectivity index (χ0) is 20.4. The molecule has 4 rings (SSSR count). The molecule has 3 N–H and O–H groups in total. The van der Waals surface area contributed by atoms with E-state index < -0.39 is 0 Å². The molecule has 0 aliphatic heterocycles. The molecular weight excluding hydrogens is 394 g/mol. The number of aromatic amines is 1. The molecule has 0 bridgehead atoms. The zero-order valence-electron chi connectivity index (χ0n) is 15.9. The van der Waals surface area contributed by atoms with Gasteiger partial charge in [-0.1, -0.05) is 11.6 Å². The van der Waals surface area contributed by atoms with Gasteiger partial charge in [0.15, 0.2) is 11.6 Å². The van der Waals surface area contributed by atoms with Gasteiger partial charge in [-0.25, -0.2) is 9.97 Å². The largest absolute Gasteiger partial charge is 0.495 e. The van der Waals surface area contributed by atoms with Crippen LogP contribution < -0.4 is 15.4 Å². The average molecular weight is 412 g/mol.